The van der Waals surface area contributed by atoms with Gasteiger partial charge in [-0.3, -0.25) is 5.10 Å². The fourth-order valence-electron chi connectivity index (χ4n) is 2.28. The van der Waals surface area contributed by atoms with Gasteiger partial charge in [0, 0.05) is 27.9 Å². The Hall–Kier alpha value is -1.32. The molecule has 0 saturated carbocycles. The number of benzene rings is 1. The molecule has 0 bridgehead atoms. The van der Waals surface area contributed by atoms with Crippen molar-refractivity contribution in [2.24, 2.45) is 5.73 Å². The molecule has 1 atom stereocenters. The lowest BCUT2D eigenvalue weighted by Crippen LogP contribution is -2.06. The van der Waals surface area contributed by atoms with Gasteiger partial charge in [-0.2, -0.15) is 5.10 Å². The molecule has 2 aromatic rings. The van der Waals surface area contributed by atoms with Crippen molar-refractivity contribution >= 4 is 11.6 Å². The van der Waals surface area contributed by atoms with Crippen molar-refractivity contribution in [2.75, 3.05) is 0 Å². The first-order valence-corrected chi connectivity index (χ1v) is 5.72. The Morgan fingerprint density at radius 2 is 2.31 bits per heavy atom. The highest BCUT2D eigenvalue weighted by Gasteiger charge is 2.26. The predicted octanol–water partition coefficient (Wildman–Crippen LogP) is 2.68. The number of nitrogens with two attached hydrogens (primary N) is 1. The minimum atomic E-state index is 0.0998. The van der Waals surface area contributed by atoms with Gasteiger partial charge in [-0.25, -0.2) is 0 Å². The third kappa shape index (κ3) is 1.44. The third-order valence-corrected chi connectivity index (χ3v) is 3.29. The number of aromatic nitrogens is 2. The van der Waals surface area contributed by atoms with Crippen LogP contribution < -0.4 is 5.73 Å². The topological polar surface area (TPSA) is 54.7 Å². The van der Waals surface area contributed by atoms with Crippen LogP contribution in [0.25, 0.3) is 11.3 Å². The van der Waals surface area contributed by atoms with Gasteiger partial charge in [-0.1, -0.05) is 23.7 Å². The zero-order chi connectivity index (χ0) is 11.1. The molecule has 3 rings (SSSR count). The second-order valence-corrected chi connectivity index (χ2v) is 4.56. The minimum absolute atomic E-state index is 0.0998. The van der Waals surface area contributed by atoms with Crippen molar-refractivity contribution in [3.8, 4) is 11.3 Å². The van der Waals surface area contributed by atoms with Gasteiger partial charge in [0.2, 0.25) is 0 Å². The second kappa shape index (κ2) is 3.61. The number of rotatable bonds is 1. The molecule has 82 valence electrons. The van der Waals surface area contributed by atoms with Crippen LogP contribution in [0.15, 0.2) is 24.3 Å². The molecule has 3 nitrogen and oxygen atoms in total. The van der Waals surface area contributed by atoms with E-state index in [1.807, 2.05) is 24.3 Å². The standard InChI is InChI=1S/C12H12ClN3/c13-8-3-1-2-7(6-8)12-11-9(14)4-5-10(11)15-16-12/h1-3,6,9H,4-5,14H2,(H,15,16). The van der Waals surface area contributed by atoms with Gasteiger partial charge >= 0.3 is 0 Å². The number of fused-ring (bicyclic) bond motifs is 1. The van der Waals surface area contributed by atoms with E-state index in [4.69, 9.17) is 17.3 Å². The van der Waals surface area contributed by atoms with E-state index in [1.165, 1.54) is 5.69 Å². The highest BCUT2D eigenvalue weighted by molar-refractivity contribution is 6.30. The van der Waals surface area contributed by atoms with Crippen molar-refractivity contribution in [2.45, 2.75) is 18.9 Å². The SMILES string of the molecule is NC1CCc2[nH]nc(-c3cccc(Cl)c3)c21. The maximum absolute atomic E-state index is 6.07. The Kier molecular flexibility index (Phi) is 2.23. The third-order valence-electron chi connectivity index (χ3n) is 3.06. The smallest absolute Gasteiger partial charge is 0.0971 e. The van der Waals surface area contributed by atoms with Crippen molar-refractivity contribution < 1.29 is 0 Å². The molecule has 1 unspecified atom stereocenters. The average Bonchev–Trinajstić information content (AvgIpc) is 2.82. The van der Waals surface area contributed by atoms with Gasteiger partial charge in [-0.05, 0) is 25.0 Å². The Labute approximate surface area is 98.6 Å². The quantitative estimate of drug-likeness (QED) is 0.796. The van der Waals surface area contributed by atoms with Gasteiger partial charge in [0.1, 0.15) is 0 Å². The molecule has 1 aromatic carbocycles. The van der Waals surface area contributed by atoms with E-state index in [-0.39, 0.29) is 6.04 Å². The Morgan fingerprint density at radius 3 is 3.12 bits per heavy atom. The molecule has 1 heterocycles. The molecule has 1 aromatic heterocycles. The largest absolute Gasteiger partial charge is 0.324 e. The first-order valence-electron chi connectivity index (χ1n) is 5.34. The monoisotopic (exact) mass is 233 g/mol. The number of nitrogens with zero attached hydrogens (tertiary/aromatic N) is 1. The minimum Gasteiger partial charge on any atom is -0.324 e. The summed E-state index contributed by atoms with van der Waals surface area (Å²) in [5, 5.41) is 8.12. The maximum atomic E-state index is 6.07. The van der Waals surface area contributed by atoms with Crippen molar-refractivity contribution in [1.29, 1.82) is 0 Å². The number of aromatic amines is 1. The van der Waals surface area contributed by atoms with Crippen molar-refractivity contribution in [3.05, 3.63) is 40.5 Å². The van der Waals surface area contributed by atoms with E-state index in [0.29, 0.717) is 0 Å². The lowest BCUT2D eigenvalue weighted by molar-refractivity contribution is 0.705. The normalized spacial score (nSPS) is 18.8. The molecule has 1 aliphatic rings. The second-order valence-electron chi connectivity index (χ2n) is 4.12. The first-order chi connectivity index (χ1) is 7.75. The van der Waals surface area contributed by atoms with E-state index in [0.717, 1.165) is 34.7 Å². The van der Waals surface area contributed by atoms with E-state index < -0.39 is 0 Å². The van der Waals surface area contributed by atoms with Crippen LogP contribution in [0.3, 0.4) is 0 Å². The molecular formula is C12H12ClN3. The summed E-state index contributed by atoms with van der Waals surface area (Å²) >= 11 is 5.98. The fraction of sp³-hybridized carbons (Fsp3) is 0.250. The van der Waals surface area contributed by atoms with E-state index in [2.05, 4.69) is 10.2 Å². The molecule has 0 spiro atoms. The summed E-state index contributed by atoms with van der Waals surface area (Å²) in [5.74, 6) is 0. The lowest BCUT2D eigenvalue weighted by atomic mass is 10.0. The molecule has 0 fully saturated rings. The van der Waals surface area contributed by atoms with E-state index >= 15 is 0 Å². The Balaban J connectivity index is 2.14. The van der Waals surface area contributed by atoms with Crippen molar-refractivity contribution in [1.82, 2.24) is 10.2 Å². The summed E-state index contributed by atoms with van der Waals surface area (Å²) in [5.41, 5.74) is 10.4. The molecule has 3 N–H and O–H groups in total. The molecule has 0 saturated heterocycles. The molecule has 1 aliphatic carbocycles. The van der Waals surface area contributed by atoms with Gasteiger partial charge < -0.3 is 5.73 Å². The molecule has 0 amide bonds. The van der Waals surface area contributed by atoms with Crippen LogP contribution in [0.4, 0.5) is 0 Å². The number of hydrogen-bond acceptors (Lipinski definition) is 2. The first kappa shape index (κ1) is 9.87. The summed E-state index contributed by atoms with van der Waals surface area (Å²) in [6.07, 6.45) is 1.99. The summed E-state index contributed by atoms with van der Waals surface area (Å²) in [6.45, 7) is 0. The van der Waals surface area contributed by atoms with E-state index in [1.54, 1.807) is 0 Å². The van der Waals surface area contributed by atoms with Crippen LogP contribution >= 0.6 is 11.6 Å². The van der Waals surface area contributed by atoms with Crippen LogP contribution in [0, 0.1) is 0 Å². The van der Waals surface area contributed by atoms with Crippen LogP contribution in [0.2, 0.25) is 5.02 Å². The van der Waals surface area contributed by atoms with Gasteiger partial charge in [0.15, 0.2) is 0 Å². The molecule has 4 heteroatoms. The average molecular weight is 234 g/mol. The van der Waals surface area contributed by atoms with Gasteiger partial charge in [-0.15, -0.1) is 0 Å². The molecule has 0 aliphatic heterocycles. The van der Waals surface area contributed by atoms with E-state index in [9.17, 15) is 0 Å². The molecule has 16 heavy (non-hydrogen) atoms. The number of aryl methyl sites for hydroxylation is 1. The molecular weight excluding hydrogens is 222 g/mol. The Morgan fingerprint density at radius 1 is 1.44 bits per heavy atom. The van der Waals surface area contributed by atoms with Crippen LogP contribution in [-0.4, -0.2) is 10.2 Å². The van der Waals surface area contributed by atoms with Crippen LogP contribution in [-0.2, 0) is 6.42 Å². The number of halogens is 1. The zero-order valence-corrected chi connectivity index (χ0v) is 9.46. The summed E-state index contributed by atoms with van der Waals surface area (Å²) in [6, 6.07) is 7.82. The predicted molar refractivity (Wildman–Crippen MR) is 64.3 cm³/mol. The summed E-state index contributed by atoms with van der Waals surface area (Å²) < 4.78 is 0. The number of nitrogens with one attached hydrogen (secondary N) is 1. The van der Waals surface area contributed by atoms with Crippen LogP contribution in [0.5, 0.6) is 0 Å². The summed E-state index contributed by atoms with van der Waals surface area (Å²) in [7, 11) is 0. The van der Waals surface area contributed by atoms with Gasteiger partial charge in [0.05, 0.1) is 5.69 Å². The highest BCUT2D eigenvalue weighted by Crippen LogP contribution is 2.36. The lowest BCUT2D eigenvalue weighted by Gasteiger charge is -2.05. The highest BCUT2D eigenvalue weighted by atomic mass is 35.5. The summed E-state index contributed by atoms with van der Waals surface area (Å²) in [4.78, 5) is 0. The molecule has 0 radical (unpaired) electrons. The van der Waals surface area contributed by atoms with Gasteiger partial charge in [0.25, 0.3) is 0 Å². The number of H-pyrrole nitrogens is 1. The zero-order valence-electron chi connectivity index (χ0n) is 8.70. The number of hydrogen-bond donors (Lipinski definition) is 2. The van der Waals surface area contributed by atoms with Crippen LogP contribution in [0.1, 0.15) is 23.7 Å². The Bertz CT molecular complexity index is 533. The van der Waals surface area contributed by atoms with Crippen molar-refractivity contribution in [3.63, 3.8) is 0 Å². The fourth-order valence-corrected chi connectivity index (χ4v) is 2.47. The maximum Gasteiger partial charge on any atom is 0.0971 e.